The molecule has 2 aromatic heterocycles. The predicted molar refractivity (Wildman–Crippen MR) is 122 cm³/mol. The molecule has 0 aliphatic carbocycles. The first-order valence-corrected chi connectivity index (χ1v) is 10.5. The second kappa shape index (κ2) is 9.90. The summed E-state index contributed by atoms with van der Waals surface area (Å²) in [5.41, 5.74) is 3.76. The van der Waals surface area contributed by atoms with Gasteiger partial charge in [0.2, 0.25) is 5.89 Å². The highest BCUT2D eigenvalue weighted by Gasteiger charge is 2.33. The normalized spacial score (nSPS) is 12.0. The van der Waals surface area contributed by atoms with Crippen LogP contribution in [0, 0.1) is 0 Å². The van der Waals surface area contributed by atoms with Crippen LogP contribution in [0.25, 0.3) is 28.1 Å². The van der Waals surface area contributed by atoms with E-state index in [1.807, 2.05) is 0 Å². The molecule has 2 heterocycles. The van der Waals surface area contributed by atoms with Gasteiger partial charge in [0.15, 0.2) is 5.67 Å². The third kappa shape index (κ3) is 5.70. The molecule has 1 amide bonds. The van der Waals surface area contributed by atoms with E-state index in [1.54, 1.807) is 6.07 Å². The van der Waals surface area contributed by atoms with Crippen LogP contribution < -0.4 is 21.1 Å². The Kier molecular flexibility index (Phi) is 7.34. The lowest BCUT2D eigenvalue weighted by Gasteiger charge is -2.14. The molecule has 0 spiro atoms. The molecule has 0 unspecified atom stereocenters. The molecule has 0 saturated carbocycles. The largest absolute Gasteiger partial charge is 0.494 e. The van der Waals surface area contributed by atoms with Crippen molar-refractivity contribution in [2.75, 3.05) is 20.2 Å². The van der Waals surface area contributed by atoms with Gasteiger partial charge in [0.1, 0.15) is 28.4 Å². The molecule has 0 fully saturated rings. The highest BCUT2D eigenvalue weighted by molar-refractivity contribution is 5.96. The van der Waals surface area contributed by atoms with E-state index in [0.717, 1.165) is 19.9 Å². The number of oxazole rings is 1. The smallest absolute Gasteiger partial charge is 0.433 e. The van der Waals surface area contributed by atoms with Crippen molar-refractivity contribution in [3.05, 3.63) is 48.0 Å². The van der Waals surface area contributed by atoms with Crippen molar-refractivity contribution in [3.63, 3.8) is 0 Å². The molecule has 3 rings (SSSR count). The fourth-order valence-corrected chi connectivity index (χ4v) is 3.23. The molecule has 0 saturated heterocycles. The maximum absolute atomic E-state index is 13.6. The average Bonchev–Trinajstić information content (AvgIpc) is 3.23. The number of nitrogens with two attached hydrogens (primary N) is 1. The number of nitrogens with one attached hydrogen (secondary N) is 2. The third-order valence-electron chi connectivity index (χ3n) is 5.02. The summed E-state index contributed by atoms with van der Waals surface area (Å²) in [5, 5.41) is 5.74. The zero-order valence-electron chi connectivity index (χ0n) is 19.3. The van der Waals surface area contributed by atoms with Crippen LogP contribution in [-0.4, -0.2) is 41.7 Å². The molecule has 0 atom stereocenters. The molecule has 188 valence electrons. The molecule has 35 heavy (non-hydrogen) atoms. The minimum atomic E-state index is -4.62. The molecule has 0 aliphatic rings. The molecule has 0 aliphatic heterocycles. The number of nitrogens with zero attached hydrogens (tertiary/aromatic N) is 2. The Morgan fingerprint density at radius 1 is 1.11 bits per heavy atom. The topological polar surface area (TPSA) is 115 Å². The summed E-state index contributed by atoms with van der Waals surface area (Å²) in [6, 6.07) is 5.21. The van der Waals surface area contributed by atoms with Gasteiger partial charge in [-0.2, -0.15) is 13.2 Å². The number of halogens is 4. The van der Waals surface area contributed by atoms with Gasteiger partial charge in [-0.1, -0.05) is 6.58 Å². The van der Waals surface area contributed by atoms with Gasteiger partial charge in [0, 0.05) is 24.0 Å². The van der Waals surface area contributed by atoms with Crippen molar-refractivity contribution in [1.29, 1.82) is 0 Å². The Labute approximate surface area is 198 Å². The number of ether oxygens (including phenoxy) is 1. The SMILES string of the molecule is C=C(NCCNC(=O)C(C)(C)F)c1nc(-c2ccc(OC)c3nc(C(F)(F)F)ccc23)oc1CN. The highest BCUT2D eigenvalue weighted by Crippen LogP contribution is 2.37. The van der Waals surface area contributed by atoms with Crippen LogP contribution in [0.3, 0.4) is 0 Å². The molecule has 0 radical (unpaired) electrons. The van der Waals surface area contributed by atoms with Gasteiger partial charge in [-0.05, 0) is 38.1 Å². The number of rotatable bonds is 9. The summed E-state index contributed by atoms with van der Waals surface area (Å²) in [6.45, 7) is 6.54. The van der Waals surface area contributed by atoms with E-state index in [1.165, 1.54) is 19.2 Å². The Balaban J connectivity index is 1.89. The van der Waals surface area contributed by atoms with Crippen LogP contribution >= 0.6 is 0 Å². The van der Waals surface area contributed by atoms with E-state index in [0.29, 0.717) is 22.3 Å². The van der Waals surface area contributed by atoms with Crippen molar-refractivity contribution >= 4 is 22.5 Å². The van der Waals surface area contributed by atoms with Crippen LogP contribution in [0.15, 0.2) is 35.3 Å². The molecular weight excluding hydrogens is 470 g/mol. The summed E-state index contributed by atoms with van der Waals surface area (Å²) in [4.78, 5) is 19.8. The molecule has 4 N–H and O–H groups in total. The number of methoxy groups -OCH3 is 1. The Bertz CT molecular complexity index is 1250. The van der Waals surface area contributed by atoms with E-state index in [2.05, 4.69) is 27.2 Å². The van der Waals surface area contributed by atoms with Gasteiger partial charge < -0.3 is 25.5 Å². The van der Waals surface area contributed by atoms with Gasteiger partial charge in [0.25, 0.3) is 5.91 Å². The van der Waals surface area contributed by atoms with E-state index in [4.69, 9.17) is 14.9 Å². The first kappa shape index (κ1) is 25.9. The number of alkyl halides is 4. The molecule has 0 bridgehead atoms. The van der Waals surface area contributed by atoms with Gasteiger partial charge in [-0.25, -0.2) is 14.4 Å². The minimum Gasteiger partial charge on any atom is -0.494 e. The van der Waals surface area contributed by atoms with Gasteiger partial charge in [-0.15, -0.1) is 0 Å². The van der Waals surface area contributed by atoms with Crippen molar-refractivity contribution < 1.29 is 31.5 Å². The van der Waals surface area contributed by atoms with Crippen LogP contribution in [-0.2, 0) is 17.5 Å². The second-order valence-corrected chi connectivity index (χ2v) is 8.03. The van der Waals surface area contributed by atoms with E-state index >= 15 is 0 Å². The van der Waals surface area contributed by atoms with Crippen LogP contribution in [0.4, 0.5) is 17.6 Å². The van der Waals surface area contributed by atoms with Crippen molar-refractivity contribution in [2.45, 2.75) is 32.2 Å². The summed E-state index contributed by atoms with van der Waals surface area (Å²) in [7, 11) is 1.33. The van der Waals surface area contributed by atoms with Gasteiger partial charge in [0.05, 0.1) is 19.4 Å². The maximum atomic E-state index is 13.6. The summed E-state index contributed by atoms with van der Waals surface area (Å²) >= 11 is 0. The zero-order chi connectivity index (χ0) is 26.0. The van der Waals surface area contributed by atoms with E-state index in [-0.39, 0.29) is 42.6 Å². The fourth-order valence-electron chi connectivity index (χ4n) is 3.23. The average molecular weight is 495 g/mol. The number of amides is 1. The number of benzene rings is 1. The number of carbonyl (C=O) groups excluding carboxylic acids is 1. The van der Waals surface area contributed by atoms with E-state index < -0.39 is 23.4 Å². The van der Waals surface area contributed by atoms with E-state index in [9.17, 15) is 22.4 Å². The molecule has 12 heteroatoms. The van der Waals surface area contributed by atoms with Gasteiger partial charge in [-0.3, -0.25) is 4.79 Å². The summed E-state index contributed by atoms with van der Waals surface area (Å²) in [6.07, 6.45) is -4.62. The lowest BCUT2D eigenvalue weighted by atomic mass is 10.1. The number of hydrogen-bond donors (Lipinski definition) is 3. The quantitative estimate of drug-likeness (QED) is 0.306. The number of carbonyl (C=O) groups is 1. The standard InChI is InChI=1S/C23H25F4N5O3/c1-12(29-9-10-30-21(33)22(2,3)24)18-16(11-28)35-20(32-18)14-5-7-15(34-4)19-13(14)6-8-17(31-19)23(25,26)27/h5-8,29H,1,9-11,28H2,2-4H3,(H,30,33). The highest BCUT2D eigenvalue weighted by atomic mass is 19.4. The third-order valence-corrected chi connectivity index (χ3v) is 5.02. The lowest BCUT2D eigenvalue weighted by molar-refractivity contribution is -0.141. The number of hydrogen-bond acceptors (Lipinski definition) is 7. The Morgan fingerprint density at radius 3 is 2.40 bits per heavy atom. The second-order valence-electron chi connectivity index (χ2n) is 8.03. The molecule has 8 nitrogen and oxygen atoms in total. The zero-order valence-corrected chi connectivity index (χ0v) is 19.3. The number of fused-ring (bicyclic) bond motifs is 1. The van der Waals surface area contributed by atoms with Crippen LogP contribution in [0.5, 0.6) is 5.75 Å². The molecule has 1 aromatic carbocycles. The molecule has 3 aromatic rings. The van der Waals surface area contributed by atoms with Gasteiger partial charge >= 0.3 is 6.18 Å². The first-order valence-electron chi connectivity index (χ1n) is 10.5. The number of aromatic nitrogens is 2. The minimum absolute atomic E-state index is 0.00245. The molecular formula is C23H25F4N5O3. The van der Waals surface area contributed by atoms with Crippen molar-refractivity contribution in [1.82, 2.24) is 20.6 Å². The Morgan fingerprint density at radius 2 is 1.80 bits per heavy atom. The fraction of sp³-hybridized carbons (Fsp3) is 0.348. The summed E-state index contributed by atoms with van der Waals surface area (Å²) < 4.78 is 64.1. The van der Waals surface area contributed by atoms with Crippen LogP contribution in [0.2, 0.25) is 0 Å². The van der Waals surface area contributed by atoms with Crippen LogP contribution in [0.1, 0.15) is 31.0 Å². The first-order chi connectivity index (χ1) is 16.4. The Hall–Kier alpha value is -3.67. The monoisotopic (exact) mass is 495 g/mol. The van der Waals surface area contributed by atoms with Crippen molar-refractivity contribution in [2.24, 2.45) is 5.73 Å². The number of pyridine rings is 1. The maximum Gasteiger partial charge on any atom is 0.433 e. The lowest BCUT2D eigenvalue weighted by Crippen LogP contribution is -2.41. The summed E-state index contributed by atoms with van der Waals surface area (Å²) in [5.74, 6) is -0.199. The predicted octanol–water partition coefficient (Wildman–Crippen LogP) is 3.80. The van der Waals surface area contributed by atoms with Crippen molar-refractivity contribution in [3.8, 4) is 17.2 Å².